The Hall–Kier alpha value is -3.00. The van der Waals surface area contributed by atoms with E-state index >= 15 is 0 Å². The first-order chi connectivity index (χ1) is 12.7. The fourth-order valence-electron chi connectivity index (χ4n) is 2.47. The number of amides is 1. The van der Waals surface area contributed by atoms with Crippen LogP contribution in [0, 0.1) is 0 Å². The number of rotatable bonds is 4. The fourth-order valence-corrected chi connectivity index (χ4v) is 3.31. The van der Waals surface area contributed by atoms with E-state index in [0.29, 0.717) is 11.2 Å². The second-order valence-corrected chi connectivity index (χ2v) is 7.81. The smallest absolute Gasteiger partial charge is 0.407 e. The zero-order valence-corrected chi connectivity index (χ0v) is 16.0. The molecule has 140 valence electrons. The summed E-state index contributed by atoms with van der Waals surface area (Å²) in [5, 5.41) is 13.8. The van der Waals surface area contributed by atoms with Crippen molar-refractivity contribution in [2.45, 2.75) is 32.9 Å². The maximum absolute atomic E-state index is 11.8. The van der Waals surface area contributed by atoms with E-state index in [4.69, 9.17) is 4.74 Å². The highest BCUT2D eigenvalue weighted by Crippen LogP contribution is 2.30. The summed E-state index contributed by atoms with van der Waals surface area (Å²) in [4.78, 5) is 31.4. The highest BCUT2D eigenvalue weighted by Gasteiger charge is 2.17. The van der Waals surface area contributed by atoms with Gasteiger partial charge in [0.2, 0.25) is 5.82 Å². The molecule has 8 heteroatoms. The lowest BCUT2D eigenvalue weighted by Gasteiger charge is -2.19. The van der Waals surface area contributed by atoms with Gasteiger partial charge in [0.05, 0.1) is 15.9 Å². The van der Waals surface area contributed by atoms with Gasteiger partial charge < -0.3 is 15.2 Å². The Kier molecular flexibility index (Phi) is 5.09. The number of carbonyl (C=O) groups excluding carboxylic acids is 1. The van der Waals surface area contributed by atoms with Gasteiger partial charge in [0, 0.05) is 12.1 Å². The minimum atomic E-state index is -1.17. The van der Waals surface area contributed by atoms with Crippen LogP contribution in [0.15, 0.2) is 35.7 Å². The first kappa shape index (κ1) is 18.8. The van der Waals surface area contributed by atoms with Gasteiger partial charge in [-0.25, -0.2) is 19.6 Å². The highest BCUT2D eigenvalue weighted by molar-refractivity contribution is 7.17. The molecular formula is C19H19N3O4S. The summed E-state index contributed by atoms with van der Waals surface area (Å²) in [6.45, 7) is 5.69. The van der Waals surface area contributed by atoms with Crippen LogP contribution in [0.3, 0.4) is 0 Å². The molecule has 27 heavy (non-hydrogen) atoms. The van der Waals surface area contributed by atoms with Crippen LogP contribution in [0.4, 0.5) is 4.79 Å². The Morgan fingerprint density at radius 3 is 2.70 bits per heavy atom. The van der Waals surface area contributed by atoms with Crippen LogP contribution in [0.5, 0.6) is 0 Å². The van der Waals surface area contributed by atoms with Crippen molar-refractivity contribution in [3.63, 3.8) is 0 Å². The van der Waals surface area contributed by atoms with Gasteiger partial charge in [-0.3, -0.25) is 0 Å². The summed E-state index contributed by atoms with van der Waals surface area (Å²) >= 11 is 1.45. The maximum Gasteiger partial charge on any atom is 0.407 e. The number of nitrogens with one attached hydrogen (secondary N) is 1. The average molecular weight is 385 g/mol. The van der Waals surface area contributed by atoms with Crippen molar-refractivity contribution in [2.24, 2.45) is 0 Å². The van der Waals surface area contributed by atoms with Crippen LogP contribution in [-0.4, -0.2) is 32.7 Å². The molecule has 2 N–H and O–H groups in total. The lowest BCUT2D eigenvalue weighted by molar-refractivity contribution is 0.0523. The lowest BCUT2D eigenvalue weighted by atomic mass is 10.1. The summed E-state index contributed by atoms with van der Waals surface area (Å²) in [6, 6.07) is 9.19. The molecule has 2 aromatic heterocycles. The number of carbonyl (C=O) groups is 2. The number of thiophene rings is 1. The number of fused-ring (bicyclic) bond motifs is 1. The molecule has 1 aromatic carbocycles. The van der Waals surface area contributed by atoms with Gasteiger partial charge in [0.1, 0.15) is 5.60 Å². The Labute approximate surface area is 160 Å². The van der Waals surface area contributed by atoms with Gasteiger partial charge in [-0.1, -0.05) is 18.2 Å². The zero-order valence-electron chi connectivity index (χ0n) is 15.1. The van der Waals surface area contributed by atoms with Crippen LogP contribution < -0.4 is 5.32 Å². The Morgan fingerprint density at radius 2 is 2.00 bits per heavy atom. The quantitative estimate of drug-likeness (QED) is 0.702. The van der Waals surface area contributed by atoms with Gasteiger partial charge in [0.25, 0.3) is 0 Å². The lowest BCUT2D eigenvalue weighted by Crippen LogP contribution is -2.32. The summed E-state index contributed by atoms with van der Waals surface area (Å²) in [7, 11) is 0. The molecule has 2 heterocycles. The highest BCUT2D eigenvalue weighted by atomic mass is 32.1. The van der Waals surface area contributed by atoms with Gasteiger partial charge in [-0.05, 0) is 43.8 Å². The van der Waals surface area contributed by atoms with Crippen LogP contribution >= 0.6 is 11.3 Å². The van der Waals surface area contributed by atoms with Crippen molar-refractivity contribution in [1.82, 2.24) is 15.3 Å². The molecule has 3 rings (SSSR count). The number of carboxylic acid groups (broad SMARTS) is 1. The van der Waals surface area contributed by atoms with Crippen LogP contribution in [0.25, 0.3) is 21.5 Å². The zero-order chi connectivity index (χ0) is 19.6. The number of benzene rings is 1. The van der Waals surface area contributed by atoms with Gasteiger partial charge in [-0.2, -0.15) is 0 Å². The van der Waals surface area contributed by atoms with E-state index < -0.39 is 17.7 Å². The maximum atomic E-state index is 11.8. The first-order valence-electron chi connectivity index (χ1n) is 8.27. The average Bonchev–Trinajstić information content (AvgIpc) is 3.06. The predicted octanol–water partition coefficient (Wildman–Crippen LogP) is 4.08. The minimum absolute atomic E-state index is 0.242. The molecule has 0 atom stereocenters. The molecule has 1 amide bonds. The monoisotopic (exact) mass is 385 g/mol. The van der Waals surface area contributed by atoms with Crippen molar-refractivity contribution in [3.05, 3.63) is 47.1 Å². The van der Waals surface area contributed by atoms with Gasteiger partial charge in [-0.15, -0.1) is 11.3 Å². The van der Waals surface area contributed by atoms with E-state index in [0.717, 1.165) is 15.8 Å². The van der Waals surface area contributed by atoms with E-state index in [-0.39, 0.29) is 12.4 Å². The number of carboxylic acids is 1. The largest absolute Gasteiger partial charge is 0.475 e. The summed E-state index contributed by atoms with van der Waals surface area (Å²) in [5.74, 6) is -1.42. The van der Waals surface area contributed by atoms with E-state index in [2.05, 4.69) is 15.3 Å². The third-order valence-electron chi connectivity index (χ3n) is 3.53. The fraction of sp³-hybridized carbons (Fsp3) is 0.263. The normalized spacial score (nSPS) is 11.4. The van der Waals surface area contributed by atoms with Crippen molar-refractivity contribution >= 4 is 33.6 Å². The third kappa shape index (κ3) is 4.59. The molecule has 0 fully saturated rings. The first-order valence-corrected chi connectivity index (χ1v) is 9.15. The molecule has 0 spiro atoms. The molecule has 0 unspecified atom stereocenters. The molecule has 0 aliphatic rings. The molecule has 0 aliphatic heterocycles. The number of aromatic nitrogens is 2. The third-order valence-corrected chi connectivity index (χ3v) is 4.44. The molecule has 7 nitrogen and oxygen atoms in total. The van der Waals surface area contributed by atoms with Gasteiger partial charge in [0.15, 0.2) is 0 Å². The topological polar surface area (TPSA) is 101 Å². The Bertz CT molecular complexity index is 1010. The van der Waals surface area contributed by atoms with Crippen LogP contribution in [0.2, 0.25) is 0 Å². The molecule has 0 saturated carbocycles. The second-order valence-electron chi connectivity index (χ2n) is 6.89. The molecule has 0 radical (unpaired) electrons. The van der Waals surface area contributed by atoms with E-state index in [1.165, 1.54) is 11.3 Å². The van der Waals surface area contributed by atoms with E-state index in [9.17, 15) is 14.7 Å². The number of hydrogen-bond acceptors (Lipinski definition) is 6. The summed E-state index contributed by atoms with van der Waals surface area (Å²) in [5.41, 5.74) is 2.20. The van der Waals surface area contributed by atoms with Crippen molar-refractivity contribution < 1.29 is 19.4 Å². The van der Waals surface area contributed by atoms with Crippen molar-refractivity contribution in [1.29, 1.82) is 0 Å². The van der Waals surface area contributed by atoms with E-state index in [1.807, 2.05) is 29.6 Å². The minimum Gasteiger partial charge on any atom is -0.475 e. The standard InChI is InChI=1S/C19H19N3O4S/c1-19(2,3)26-18(25)20-10-11-5-4-6-12(9-11)14-15-13(7-8-27-15)21-16(22-14)17(23)24/h4-9H,10H2,1-3H3,(H,20,25)(H,23,24). The van der Waals surface area contributed by atoms with Crippen LogP contribution in [0.1, 0.15) is 37.0 Å². The van der Waals surface area contributed by atoms with Crippen molar-refractivity contribution in [2.75, 3.05) is 0 Å². The number of hydrogen-bond donors (Lipinski definition) is 2. The number of aromatic carboxylic acids is 1. The Morgan fingerprint density at radius 1 is 1.22 bits per heavy atom. The predicted molar refractivity (Wildman–Crippen MR) is 103 cm³/mol. The second kappa shape index (κ2) is 7.32. The van der Waals surface area contributed by atoms with Gasteiger partial charge >= 0.3 is 12.1 Å². The molecular weight excluding hydrogens is 366 g/mol. The molecule has 3 aromatic rings. The number of nitrogens with zero attached hydrogens (tertiary/aromatic N) is 2. The Balaban J connectivity index is 1.88. The molecule has 0 bridgehead atoms. The SMILES string of the molecule is CC(C)(C)OC(=O)NCc1cccc(-c2nc(C(=O)O)nc3ccsc23)c1. The van der Waals surface area contributed by atoms with Crippen molar-refractivity contribution in [3.8, 4) is 11.3 Å². The van der Waals surface area contributed by atoms with Crippen LogP contribution in [-0.2, 0) is 11.3 Å². The summed E-state index contributed by atoms with van der Waals surface area (Å²) < 4.78 is 6.05. The molecule has 0 aliphatic carbocycles. The number of ether oxygens (including phenoxy) is 1. The number of alkyl carbamates (subject to hydrolysis) is 1. The summed E-state index contributed by atoms with van der Waals surface area (Å²) in [6.07, 6.45) is -0.497. The molecule has 0 saturated heterocycles. The van der Waals surface area contributed by atoms with E-state index in [1.54, 1.807) is 26.8 Å².